The van der Waals surface area contributed by atoms with Crippen molar-refractivity contribution in [2.45, 2.75) is 6.92 Å². The first kappa shape index (κ1) is 11.2. The van der Waals surface area contributed by atoms with Crippen molar-refractivity contribution in [3.63, 3.8) is 0 Å². The SMILES string of the molecule is Cc1cc(C(=O)O)sc1-c1ccccc1Cl. The second-order valence-electron chi connectivity index (χ2n) is 3.41. The van der Waals surface area contributed by atoms with E-state index in [9.17, 15) is 4.79 Å². The summed E-state index contributed by atoms with van der Waals surface area (Å²) in [4.78, 5) is 12.1. The summed E-state index contributed by atoms with van der Waals surface area (Å²) >= 11 is 7.33. The van der Waals surface area contributed by atoms with Gasteiger partial charge in [0.2, 0.25) is 0 Å². The summed E-state index contributed by atoms with van der Waals surface area (Å²) in [6.45, 7) is 1.89. The Morgan fingerprint density at radius 2 is 2.06 bits per heavy atom. The third-order valence-corrected chi connectivity index (χ3v) is 3.84. The lowest BCUT2D eigenvalue weighted by molar-refractivity contribution is 0.0702. The number of hydrogen-bond acceptors (Lipinski definition) is 2. The Balaban J connectivity index is 2.57. The van der Waals surface area contributed by atoms with Crippen molar-refractivity contribution in [3.05, 3.63) is 45.8 Å². The van der Waals surface area contributed by atoms with Gasteiger partial charge in [-0.25, -0.2) is 4.79 Å². The number of aryl methyl sites for hydroxylation is 1. The molecule has 1 aromatic heterocycles. The molecule has 1 heterocycles. The van der Waals surface area contributed by atoms with E-state index in [4.69, 9.17) is 16.7 Å². The summed E-state index contributed by atoms with van der Waals surface area (Å²) in [7, 11) is 0. The molecule has 0 bridgehead atoms. The van der Waals surface area contributed by atoms with Gasteiger partial charge in [0.25, 0.3) is 0 Å². The van der Waals surface area contributed by atoms with Crippen LogP contribution in [0.3, 0.4) is 0 Å². The number of halogens is 1. The normalized spacial score (nSPS) is 10.4. The molecule has 0 aliphatic rings. The number of carboxylic acids is 1. The Kier molecular flexibility index (Phi) is 2.99. The Hall–Kier alpha value is -1.32. The van der Waals surface area contributed by atoms with Crippen LogP contribution in [0.25, 0.3) is 10.4 Å². The first-order valence-corrected chi connectivity index (χ1v) is 5.87. The Bertz CT molecular complexity index is 546. The highest BCUT2D eigenvalue weighted by molar-refractivity contribution is 7.17. The van der Waals surface area contributed by atoms with Gasteiger partial charge in [0.15, 0.2) is 0 Å². The monoisotopic (exact) mass is 252 g/mol. The summed E-state index contributed by atoms with van der Waals surface area (Å²) in [6, 6.07) is 9.11. The van der Waals surface area contributed by atoms with Crippen LogP contribution in [0, 0.1) is 6.92 Å². The van der Waals surface area contributed by atoms with E-state index in [0.717, 1.165) is 16.0 Å². The standard InChI is InChI=1S/C12H9ClO2S/c1-7-6-10(12(14)15)16-11(7)8-4-2-3-5-9(8)13/h2-6H,1H3,(H,14,15). The fourth-order valence-corrected chi connectivity index (χ4v) is 2.84. The lowest BCUT2D eigenvalue weighted by Crippen LogP contribution is -1.89. The van der Waals surface area contributed by atoms with E-state index in [1.165, 1.54) is 11.3 Å². The van der Waals surface area contributed by atoms with Crippen LogP contribution in [0.15, 0.2) is 30.3 Å². The minimum atomic E-state index is -0.897. The Morgan fingerprint density at radius 3 is 2.62 bits per heavy atom. The van der Waals surface area contributed by atoms with Crippen LogP contribution in [-0.2, 0) is 0 Å². The smallest absolute Gasteiger partial charge is 0.345 e. The molecule has 0 aliphatic heterocycles. The summed E-state index contributed by atoms with van der Waals surface area (Å²) in [5, 5.41) is 9.56. The van der Waals surface area contributed by atoms with Crippen molar-refractivity contribution in [2.24, 2.45) is 0 Å². The number of rotatable bonds is 2. The van der Waals surface area contributed by atoms with Crippen LogP contribution in [-0.4, -0.2) is 11.1 Å². The highest BCUT2D eigenvalue weighted by atomic mass is 35.5. The molecule has 0 saturated heterocycles. The van der Waals surface area contributed by atoms with Crippen LogP contribution < -0.4 is 0 Å². The second kappa shape index (κ2) is 4.28. The van der Waals surface area contributed by atoms with E-state index >= 15 is 0 Å². The lowest BCUT2D eigenvalue weighted by atomic mass is 10.1. The molecule has 0 unspecified atom stereocenters. The van der Waals surface area contributed by atoms with Crippen LogP contribution >= 0.6 is 22.9 Å². The van der Waals surface area contributed by atoms with E-state index in [1.54, 1.807) is 12.1 Å². The van der Waals surface area contributed by atoms with Crippen molar-refractivity contribution in [3.8, 4) is 10.4 Å². The number of benzene rings is 1. The quantitative estimate of drug-likeness (QED) is 0.875. The molecular weight excluding hydrogens is 244 g/mol. The first-order valence-electron chi connectivity index (χ1n) is 4.68. The zero-order chi connectivity index (χ0) is 11.7. The zero-order valence-electron chi connectivity index (χ0n) is 8.53. The maximum absolute atomic E-state index is 10.9. The van der Waals surface area contributed by atoms with Crippen molar-refractivity contribution in [1.29, 1.82) is 0 Å². The van der Waals surface area contributed by atoms with Gasteiger partial charge < -0.3 is 5.11 Å². The average molecular weight is 253 g/mol. The Labute approximate surface area is 102 Å². The molecule has 0 fully saturated rings. The number of aromatic carboxylic acids is 1. The van der Waals surface area contributed by atoms with E-state index in [0.29, 0.717) is 9.90 Å². The molecule has 2 aromatic rings. The van der Waals surface area contributed by atoms with E-state index < -0.39 is 5.97 Å². The van der Waals surface area contributed by atoms with Crippen molar-refractivity contribution in [2.75, 3.05) is 0 Å². The summed E-state index contributed by atoms with van der Waals surface area (Å²) < 4.78 is 0. The van der Waals surface area contributed by atoms with Gasteiger partial charge in [0.05, 0.1) is 0 Å². The third-order valence-electron chi connectivity index (χ3n) is 2.25. The van der Waals surface area contributed by atoms with E-state index in [1.807, 2.05) is 25.1 Å². The zero-order valence-corrected chi connectivity index (χ0v) is 10.1. The molecule has 0 radical (unpaired) electrons. The summed E-state index contributed by atoms with van der Waals surface area (Å²) in [6.07, 6.45) is 0. The molecule has 4 heteroatoms. The van der Waals surface area contributed by atoms with Crippen LogP contribution in [0.4, 0.5) is 0 Å². The van der Waals surface area contributed by atoms with E-state index in [2.05, 4.69) is 0 Å². The van der Waals surface area contributed by atoms with Crippen LogP contribution in [0.1, 0.15) is 15.2 Å². The summed E-state index contributed by atoms with van der Waals surface area (Å²) in [5.74, 6) is -0.897. The largest absolute Gasteiger partial charge is 0.477 e. The Morgan fingerprint density at radius 1 is 1.38 bits per heavy atom. The highest BCUT2D eigenvalue weighted by Crippen LogP contribution is 2.36. The van der Waals surface area contributed by atoms with Crippen LogP contribution in [0.5, 0.6) is 0 Å². The van der Waals surface area contributed by atoms with Gasteiger partial charge in [0, 0.05) is 15.5 Å². The molecule has 0 spiro atoms. The minimum absolute atomic E-state index is 0.340. The van der Waals surface area contributed by atoms with Gasteiger partial charge in [-0.05, 0) is 24.6 Å². The molecule has 82 valence electrons. The second-order valence-corrected chi connectivity index (χ2v) is 4.87. The molecule has 0 saturated carbocycles. The molecule has 1 N–H and O–H groups in total. The van der Waals surface area contributed by atoms with Gasteiger partial charge in [-0.15, -0.1) is 11.3 Å². The summed E-state index contributed by atoms with van der Waals surface area (Å²) in [5.41, 5.74) is 1.83. The van der Waals surface area contributed by atoms with Gasteiger partial charge in [-0.1, -0.05) is 29.8 Å². The topological polar surface area (TPSA) is 37.3 Å². The maximum atomic E-state index is 10.9. The number of carboxylic acid groups (broad SMARTS) is 1. The predicted molar refractivity (Wildman–Crippen MR) is 66.5 cm³/mol. The lowest BCUT2D eigenvalue weighted by Gasteiger charge is -2.01. The molecule has 1 aromatic carbocycles. The fraction of sp³-hybridized carbons (Fsp3) is 0.0833. The van der Waals surface area contributed by atoms with Crippen molar-refractivity contribution < 1.29 is 9.90 Å². The van der Waals surface area contributed by atoms with Crippen LogP contribution in [0.2, 0.25) is 5.02 Å². The maximum Gasteiger partial charge on any atom is 0.345 e. The molecule has 2 rings (SSSR count). The third kappa shape index (κ3) is 1.96. The minimum Gasteiger partial charge on any atom is -0.477 e. The van der Waals surface area contributed by atoms with Crippen molar-refractivity contribution >= 4 is 28.9 Å². The average Bonchev–Trinajstić information content (AvgIpc) is 2.61. The van der Waals surface area contributed by atoms with Gasteiger partial charge >= 0.3 is 5.97 Å². The van der Waals surface area contributed by atoms with Gasteiger partial charge in [0.1, 0.15) is 4.88 Å². The number of hydrogen-bond donors (Lipinski definition) is 1. The molecule has 0 aliphatic carbocycles. The predicted octanol–water partition coefficient (Wildman–Crippen LogP) is 4.08. The fourth-order valence-electron chi connectivity index (χ4n) is 1.50. The van der Waals surface area contributed by atoms with E-state index in [-0.39, 0.29) is 0 Å². The molecule has 2 nitrogen and oxygen atoms in total. The molecule has 16 heavy (non-hydrogen) atoms. The molecule has 0 amide bonds. The van der Waals surface area contributed by atoms with Gasteiger partial charge in [-0.3, -0.25) is 0 Å². The number of carbonyl (C=O) groups is 1. The number of thiophene rings is 1. The highest BCUT2D eigenvalue weighted by Gasteiger charge is 2.13. The van der Waals surface area contributed by atoms with Crippen molar-refractivity contribution in [1.82, 2.24) is 0 Å². The molecular formula is C12H9ClO2S. The van der Waals surface area contributed by atoms with Gasteiger partial charge in [-0.2, -0.15) is 0 Å². The molecule has 0 atom stereocenters. The first-order chi connectivity index (χ1) is 7.59.